The zero-order valence-corrected chi connectivity index (χ0v) is 13.1. The van der Waals surface area contributed by atoms with E-state index in [2.05, 4.69) is 15.6 Å². The van der Waals surface area contributed by atoms with Gasteiger partial charge in [0.15, 0.2) is 5.69 Å². The SMILES string of the molecule is CNCC1CCCN(C(=O)c2cn(-c3ccc(F)cc3)nn2)C1. The number of amides is 1. The largest absolute Gasteiger partial charge is 0.337 e. The standard InChI is InChI=1S/C16H20FN5O/c1-18-9-12-3-2-8-21(10-12)16(23)15-11-22(20-19-15)14-6-4-13(17)5-7-14/h4-7,11-12,18H,2-3,8-10H2,1H3. The van der Waals surface area contributed by atoms with Crippen molar-refractivity contribution in [2.45, 2.75) is 12.8 Å². The molecule has 1 fully saturated rings. The van der Waals surface area contributed by atoms with Crippen LogP contribution < -0.4 is 5.32 Å². The topological polar surface area (TPSA) is 63.1 Å². The fourth-order valence-electron chi connectivity index (χ4n) is 2.95. The molecular formula is C16H20FN5O. The van der Waals surface area contributed by atoms with E-state index in [1.54, 1.807) is 18.3 Å². The van der Waals surface area contributed by atoms with Crippen LogP contribution in [0.2, 0.25) is 0 Å². The van der Waals surface area contributed by atoms with Gasteiger partial charge in [-0.2, -0.15) is 0 Å². The lowest BCUT2D eigenvalue weighted by atomic mass is 9.98. The summed E-state index contributed by atoms with van der Waals surface area (Å²) < 4.78 is 14.5. The number of benzene rings is 1. The van der Waals surface area contributed by atoms with Crippen LogP contribution in [0.15, 0.2) is 30.5 Å². The molecule has 0 radical (unpaired) electrons. The first-order valence-electron chi connectivity index (χ1n) is 7.79. The highest BCUT2D eigenvalue weighted by molar-refractivity contribution is 5.92. The van der Waals surface area contributed by atoms with Crippen LogP contribution in [0, 0.1) is 11.7 Å². The van der Waals surface area contributed by atoms with E-state index in [0.29, 0.717) is 17.3 Å². The van der Waals surface area contributed by atoms with E-state index < -0.39 is 0 Å². The molecule has 2 heterocycles. The summed E-state index contributed by atoms with van der Waals surface area (Å²) in [7, 11) is 1.93. The summed E-state index contributed by atoms with van der Waals surface area (Å²) in [6, 6.07) is 5.90. The number of nitrogens with one attached hydrogen (secondary N) is 1. The summed E-state index contributed by atoms with van der Waals surface area (Å²) in [6.07, 6.45) is 3.73. The number of piperidine rings is 1. The Balaban J connectivity index is 1.72. The van der Waals surface area contributed by atoms with E-state index in [1.165, 1.54) is 16.8 Å². The predicted molar refractivity (Wildman–Crippen MR) is 83.9 cm³/mol. The van der Waals surface area contributed by atoms with E-state index >= 15 is 0 Å². The predicted octanol–water partition coefficient (Wildman–Crippen LogP) is 1.48. The highest BCUT2D eigenvalue weighted by Gasteiger charge is 2.25. The smallest absolute Gasteiger partial charge is 0.276 e. The molecule has 1 aliphatic rings. The van der Waals surface area contributed by atoms with Gasteiger partial charge in [0.05, 0.1) is 11.9 Å². The molecular weight excluding hydrogens is 297 g/mol. The van der Waals surface area contributed by atoms with Crippen LogP contribution in [0.5, 0.6) is 0 Å². The summed E-state index contributed by atoms with van der Waals surface area (Å²) in [5.74, 6) is 0.0677. The molecule has 0 bridgehead atoms. The van der Waals surface area contributed by atoms with Crippen LogP contribution in [0.25, 0.3) is 5.69 Å². The zero-order chi connectivity index (χ0) is 16.2. The monoisotopic (exact) mass is 317 g/mol. The van der Waals surface area contributed by atoms with E-state index in [4.69, 9.17) is 0 Å². The maximum absolute atomic E-state index is 13.0. The van der Waals surface area contributed by atoms with Crippen LogP contribution >= 0.6 is 0 Å². The second-order valence-corrected chi connectivity index (χ2v) is 5.84. The molecule has 23 heavy (non-hydrogen) atoms. The van der Waals surface area contributed by atoms with Crippen LogP contribution in [-0.4, -0.2) is 52.5 Å². The molecule has 1 N–H and O–H groups in total. The number of nitrogens with zero attached hydrogens (tertiary/aromatic N) is 4. The highest BCUT2D eigenvalue weighted by atomic mass is 19.1. The third kappa shape index (κ3) is 3.56. The van der Waals surface area contributed by atoms with Crippen molar-refractivity contribution in [1.82, 2.24) is 25.2 Å². The first kappa shape index (κ1) is 15.6. The Morgan fingerprint density at radius 1 is 1.39 bits per heavy atom. The summed E-state index contributed by atoms with van der Waals surface area (Å²) >= 11 is 0. The number of carbonyl (C=O) groups is 1. The van der Waals surface area contributed by atoms with Crippen molar-refractivity contribution in [2.75, 3.05) is 26.7 Å². The van der Waals surface area contributed by atoms with Crippen LogP contribution in [0.3, 0.4) is 0 Å². The third-order valence-corrected chi connectivity index (χ3v) is 4.10. The molecule has 1 atom stereocenters. The number of hydrogen-bond donors (Lipinski definition) is 1. The summed E-state index contributed by atoms with van der Waals surface area (Å²) in [5, 5.41) is 11.1. The van der Waals surface area contributed by atoms with Gasteiger partial charge >= 0.3 is 0 Å². The molecule has 1 aromatic heterocycles. The second kappa shape index (κ2) is 6.87. The quantitative estimate of drug-likeness (QED) is 0.928. The van der Waals surface area contributed by atoms with Gasteiger partial charge in [-0.1, -0.05) is 5.21 Å². The van der Waals surface area contributed by atoms with Crippen molar-refractivity contribution in [3.05, 3.63) is 42.0 Å². The van der Waals surface area contributed by atoms with Gasteiger partial charge in [-0.05, 0) is 56.6 Å². The first-order chi connectivity index (χ1) is 11.2. The maximum atomic E-state index is 13.0. The zero-order valence-electron chi connectivity index (χ0n) is 13.1. The minimum Gasteiger partial charge on any atom is -0.337 e. The Morgan fingerprint density at radius 3 is 2.91 bits per heavy atom. The van der Waals surface area contributed by atoms with Gasteiger partial charge in [0.2, 0.25) is 0 Å². The Hall–Kier alpha value is -2.28. The lowest BCUT2D eigenvalue weighted by molar-refractivity contribution is 0.0668. The summed E-state index contributed by atoms with van der Waals surface area (Å²) in [5.41, 5.74) is 0.990. The number of likely N-dealkylation sites (tertiary alicyclic amines) is 1. The Labute approximate surface area is 134 Å². The van der Waals surface area contributed by atoms with Crippen molar-refractivity contribution < 1.29 is 9.18 Å². The number of halogens is 1. The van der Waals surface area contributed by atoms with Gasteiger partial charge in [0, 0.05) is 13.1 Å². The molecule has 1 unspecified atom stereocenters. The molecule has 3 rings (SSSR count). The van der Waals surface area contributed by atoms with E-state index in [-0.39, 0.29) is 11.7 Å². The Kier molecular flexibility index (Phi) is 4.66. The van der Waals surface area contributed by atoms with Gasteiger partial charge < -0.3 is 10.2 Å². The van der Waals surface area contributed by atoms with Crippen molar-refractivity contribution in [3.8, 4) is 5.69 Å². The van der Waals surface area contributed by atoms with Gasteiger partial charge in [0.25, 0.3) is 5.91 Å². The molecule has 1 saturated heterocycles. The number of aromatic nitrogens is 3. The van der Waals surface area contributed by atoms with Crippen LogP contribution in [0.4, 0.5) is 4.39 Å². The lowest BCUT2D eigenvalue weighted by Gasteiger charge is -2.32. The number of carbonyl (C=O) groups excluding carboxylic acids is 1. The summed E-state index contributed by atoms with van der Waals surface area (Å²) in [4.78, 5) is 14.4. The fourth-order valence-corrected chi connectivity index (χ4v) is 2.95. The number of hydrogen-bond acceptors (Lipinski definition) is 4. The normalized spacial score (nSPS) is 18.2. The van der Waals surface area contributed by atoms with Gasteiger partial charge in [0.1, 0.15) is 5.82 Å². The molecule has 0 saturated carbocycles. The molecule has 7 heteroatoms. The molecule has 0 spiro atoms. The Bertz CT molecular complexity index is 667. The average Bonchev–Trinajstić information content (AvgIpc) is 3.05. The minimum atomic E-state index is -0.311. The molecule has 2 aromatic rings. The summed E-state index contributed by atoms with van der Waals surface area (Å²) in [6.45, 7) is 2.40. The molecule has 0 aliphatic carbocycles. The minimum absolute atomic E-state index is 0.0980. The average molecular weight is 317 g/mol. The molecule has 1 aliphatic heterocycles. The molecule has 1 aromatic carbocycles. The van der Waals surface area contributed by atoms with Crippen molar-refractivity contribution in [2.24, 2.45) is 5.92 Å². The van der Waals surface area contributed by atoms with E-state index in [1.807, 2.05) is 11.9 Å². The molecule has 1 amide bonds. The van der Waals surface area contributed by atoms with Gasteiger partial charge in [-0.25, -0.2) is 9.07 Å². The van der Waals surface area contributed by atoms with Crippen LogP contribution in [-0.2, 0) is 0 Å². The first-order valence-corrected chi connectivity index (χ1v) is 7.79. The molecule has 122 valence electrons. The van der Waals surface area contributed by atoms with Crippen molar-refractivity contribution >= 4 is 5.91 Å². The lowest BCUT2D eigenvalue weighted by Crippen LogP contribution is -2.42. The van der Waals surface area contributed by atoms with Gasteiger partial charge in [-0.3, -0.25) is 4.79 Å². The van der Waals surface area contributed by atoms with E-state index in [0.717, 1.165) is 32.5 Å². The third-order valence-electron chi connectivity index (χ3n) is 4.10. The van der Waals surface area contributed by atoms with Gasteiger partial charge in [-0.15, -0.1) is 5.10 Å². The highest BCUT2D eigenvalue weighted by Crippen LogP contribution is 2.18. The molecule has 6 nitrogen and oxygen atoms in total. The maximum Gasteiger partial charge on any atom is 0.276 e. The van der Waals surface area contributed by atoms with E-state index in [9.17, 15) is 9.18 Å². The fraction of sp³-hybridized carbons (Fsp3) is 0.438. The van der Waals surface area contributed by atoms with Crippen LogP contribution in [0.1, 0.15) is 23.3 Å². The second-order valence-electron chi connectivity index (χ2n) is 5.84. The van der Waals surface area contributed by atoms with Crippen molar-refractivity contribution in [1.29, 1.82) is 0 Å². The Morgan fingerprint density at radius 2 is 2.17 bits per heavy atom. The van der Waals surface area contributed by atoms with Crippen molar-refractivity contribution in [3.63, 3.8) is 0 Å². The number of rotatable bonds is 4.